The summed E-state index contributed by atoms with van der Waals surface area (Å²) in [7, 11) is -2.98. The molecular formula is C4H10N2O2S. The Labute approximate surface area is 54.7 Å². The zero-order valence-corrected chi connectivity index (χ0v) is 5.87. The van der Waals surface area contributed by atoms with Crippen molar-refractivity contribution in [2.24, 2.45) is 0 Å². The van der Waals surface area contributed by atoms with Crippen LogP contribution in [0.1, 0.15) is 12.8 Å². The van der Waals surface area contributed by atoms with Gasteiger partial charge in [-0.05, 0) is 12.8 Å². The Balaban J connectivity index is 2.56. The van der Waals surface area contributed by atoms with Crippen LogP contribution >= 0.6 is 0 Å². The highest BCUT2D eigenvalue weighted by molar-refractivity contribution is 7.89. The third-order valence-corrected chi connectivity index (χ3v) is 2.47. The van der Waals surface area contributed by atoms with Crippen LogP contribution in [0.25, 0.3) is 0 Å². The first kappa shape index (κ1) is 6.98. The Hall–Kier alpha value is -0.130. The van der Waals surface area contributed by atoms with E-state index < -0.39 is 10.0 Å². The molecule has 54 valence electrons. The van der Waals surface area contributed by atoms with Gasteiger partial charge in [-0.15, -0.1) is 0 Å². The summed E-state index contributed by atoms with van der Waals surface area (Å²) >= 11 is 0. The minimum atomic E-state index is -2.98. The molecule has 0 saturated carbocycles. The summed E-state index contributed by atoms with van der Waals surface area (Å²) in [5, 5.41) is 0. The minimum absolute atomic E-state index is 0.250. The molecule has 5 heteroatoms. The number of hydrogen-bond donors (Lipinski definition) is 2. The third kappa shape index (κ3) is 2.30. The first-order valence-electron chi connectivity index (χ1n) is 2.93. The molecule has 4 nitrogen and oxygen atoms in total. The van der Waals surface area contributed by atoms with Crippen LogP contribution in [0.4, 0.5) is 0 Å². The van der Waals surface area contributed by atoms with Crippen molar-refractivity contribution >= 4 is 10.0 Å². The van der Waals surface area contributed by atoms with Crippen molar-refractivity contribution in [3.05, 3.63) is 0 Å². The maximum Gasteiger partial charge on any atom is 0.224 e. The van der Waals surface area contributed by atoms with Gasteiger partial charge in [0.2, 0.25) is 10.0 Å². The van der Waals surface area contributed by atoms with Crippen molar-refractivity contribution in [3.63, 3.8) is 0 Å². The third-order valence-electron chi connectivity index (χ3n) is 1.19. The van der Waals surface area contributed by atoms with Crippen LogP contribution in [-0.2, 0) is 10.0 Å². The Kier molecular flexibility index (Phi) is 2.05. The number of sulfonamides is 1. The summed E-state index contributed by atoms with van der Waals surface area (Å²) in [4.78, 5) is 2.24. The average molecular weight is 150 g/mol. The van der Waals surface area contributed by atoms with Gasteiger partial charge >= 0.3 is 0 Å². The van der Waals surface area contributed by atoms with Crippen LogP contribution in [-0.4, -0.2) is 20.7 Å². The molecule has 0 aromatic heterocycles. The van der Waals surface area contributed by atoms with Gasteiger partial charge in [0.05, 0.1) is 5.75 Å². The van der Waals surface area contributed by atoms with E-state index in [-0.39, 0.29) is 5.75 Å². The fraction of sp³-hybridized carbons (Fsp3) is 1.00. The highest BCUT2D eigenvalue weighted by Gasteiger charge is 2.11. The Bertz CT molecular complexity index is 161. The van der Waals surface area contributed by atoms with Crippen molar-refractivity contribution in [3.8, 4) is 0 Å². The number of rotatable bonds is 0. The first-order valence-corrected chi connectivity index (χ1v) is 4.58. The zero-order valence-electron chi connectivity index (χ0n) is 5.05. The van der Waals surface area contributed by atoms with Gasteiger partial charge in [-0.1, -0.05) is 0 Å². The molecule has 9 heavy (non-hydrogen) atoms. The van der Waals surface area contributed by atoms with E-state index in [1.807, 2.05) is 0 Å². The molecule has 0 amide bonds. The molecule has 1 aliphatic heterocycles. The molecule has 0 bridgehead atoms. The fourth-order valence-electron chi connectivity index (χ4n) is 0.717. The molecule has 0 atom stereocenters. The number of nitrogens with one attached hydrogen (secondary N) is 2. The van der Waals surface area contributed by atoms with Gasteiger partial charge in [-0.2, -0.15) is 4.83 Å². The molecule has 1 aliphatic rings. The van der Waals surface area contributed by atoms with Crippen molar-refractivity contribution in [2.75, 3.05) is 12.3 Å². The molecule has 1 rings (SSSR count). The minimum Gasteiger partial charge on any atom is -0.244 e. The molecule has 0 aromatic carbocycles. The van der Waals surface area contributed by atoms with Crippen LogP contribution in [0, 0.1) is 0 Å². The van der Waals surface area contributed by atoms with E-state index in [9.17, 15) is 8.42 Å². The van der Waals surface area contributed by atoms with E-state index in [0.29, 0.717) is 0 Å². The maximum atomic E-state index is 10.7. The molecule has 0 radical (unpaired) electrons. The monoisotopic (exact) mass is 150 g/mol. The van der Waals surface area contributed by atoms with E-state index >= 15 is 0 Å². The van der Waals surface area contributed by atoms with Crippen molar-refractivity contribution in [1.29, 1.82) is 0 Å². The first-order chi connectivity index (χ1) is 4.21. The summed E-state index contributed by atoms with van der Waals surface area (Å²) in [6.07, 6.45) is 1.68. The Morgan fingerprint density at radius 3 is 2.78 bits per heavy atom. The van der Waals surface area contributed by atoms with Crippen LogP contribution in [0.15, 0.2) is 0 Å². The predicted molar refractivity (Wildman–Crippen MR) is 34.2 cm³/mol. The normalized spacial score (nSPS) is 27.1. The van der Waals surface area contributed by atoms with Gasteiger partial charge in [0.25, 0.3) is 0 Å². The molecular weight excluding hydrogens is 140 g/mol. The molecule has 0 spiro atoms. The van der Waals surface area contributed by atoms with Gasteiger partial charge in [0, 0.05) is 6.54 Å². The SMILES string of the molecule is O=S1(=O)CCCCNN1. The van der Waals surface area contributed by atoms with Gasteiger partial charge in [-0.3, -0.25) is 0 Å². The standard InChI is InChI=1S/C4H10N2O2S/c7-9(8)4-2-1-3-5-6-9/h5-6H,1-4H2. The second-order valence-electron chi connectivity index (χ2n) is 2.05. The molecule has 0 aromatic rings. The fourth-order valence-corrected chi connectivity index (χ4v) is 1.73. The van der Waals surface area contributed by atoms with Crippen LogP contribution in [0.2, 0.25) is 0 Å². The van der Waals surface area contributed by atoms with Crippen molar-refractivity contribution in [2.45, 2.75) is 12.8 Å². The van der Waals surface area contributed by atoms with Crippen LogP contribution in [0.3, 0.4) is 0 Å². The molecule has 1 heterocycles. The zero-order chi connectivity index (χ0) is 6.74. The van der Waals surface area contributed by atoms with E-state index in [0.717, 1.165) is 19.4 Å². The largest absolute Gasteiger partial charge is 0.244 e. The van der Waals surface area contributed by atoms with Crippen LogP contribution in [0.5, 0.6) is 0 Å². The second kappa shape index (κ2) is 2.64. The van der Waals surface area contributed by atoms with Gasteiger partial charge in [0.1, 0.15) is 0 Å². The van der Waals surface area contributed by atoms with E-state index in [4.69, 9.17) is 0 Å². The topological polar surface area (TPSA) is 58.2 Å². The smallest absolute Gasteiger partial charge is 0.224 e. The molecule has 0 aliphatic carbocycles. The number of hydrogen-bond acceptors (Lipinski definition) is 3. The summed E-state index contributed by atoms with van der Waals surface area (Å²) in [5.74, 6) is 0.250. The lowest BCUT2D eigenvalue weighted by molar-refractivity contribution is 0.567. The van der Waals surface area contributed by atoms with Gasteiger partial charge < -0.3 is 0 Å². The molecule has 1 saturated heterocycles. The summed E-state index contributed by atoms with van der Waals surface area (Å²) in [6, 6.07) is 0. The van der Waals surface area contributed by atoms with E-state index in [1.54, 1.807) is 0 Å². The van der Waals surface area contributed by atoms with Crippen molar-refractivity contribution in [1.82, 2.24) is 10.3 Å². The highest BCUT2D eigenvalue weighted by Crippen LogP contribution is 1.95. The lowest BCUT2D eigenvalue weighted by Gasteiger charge is -1.98. The predicted octanol–water partition coefficient (Wildman–Crippen LogP) is -0.796. The molecule has 0 unspecified atom stereocenters. The van der Waals surface area contributed by atoms with Crippen LogP contribution < -0.4 is 10.3 Å². The lowest BCUT2D eigenvalue weighted by atomic mass is 10.3. The molecule has 2 N–H and O–H groups in total. The van der Waals surface area contributed by atoms with E-state index in [1.165, 1.54) is 0 Å². The quantitative estimate of drug-likeness (QED) is 0.475. The number of hydrazine groups is 1. The summed E-state index contributed by atoms with van der Waals surface area (Å²) < 4.78 is 21.4. The highest BCUT2D eigenvalue weighted by atomic mass is 32.2. The average Bonchev–Trinajstić information content (AvgIpc) is 1.92. The Morgan fingerprint density at radius 2 is 2.00 bits per heavy atom. The second-order valence-corrected chi connectivity index (χ2v) is 3.90. The van der Waals surface area contributed by atoms with Crippen molar-refractivity contribution < 1.29 is 8.42 Å². The molecule has 1 fully saturated rings. The summed E-state index contributed by atoms with van der Waals surface area (Å²) in [5.41, 5.74) is 2.60. The Morgan fingerprint density at radius 1 is 1.22 bits per heavy atom. The van der Waals surface area contributed by atoms with Gasteiger partial charge in [0.15, 0.2) is 0 Å². The van der Waals surface area contributed by atoms with Gasteiger partial charge in [-0.25, -0.2) is 13.8 Å². The van der Waals surface area contributed by atoms with E-state index in [2.05, 4.69) is 10.3 Å². The summed E-state index contributed by atoms with van der Waals surface area (Å²) in [6.45, 7) is 0.735. The maximum absolute atomic E-state index is 10.7. The lowest BCUT2D eigenvalue weighted by Crippen LogP contribution is -2.36.